The topological polar surface area (TPSA) is 64.4 Å². The molecule has 0 radical (unpaired) electrons. The molecule has 1 saturated heterocycles. The minimum Gasteiger partial charge on any atom is -0.337 e. The van der Waals surface area contributed by atoms with Crippen LogP contribution in [0.1, 0.15) is 32.7 Å². The van der Waals surface area contributed by atoms with Crippen LogP contribution in [0.4, 0.5) is 4.39 Å². The van der Waals surface area contributed by atoms with E-state index in [-0.39, 0.29) is 17.4 Å². The molecular formula is C20H18FN3O2. The zero-order valence-electron chi connectivity index (χ0n) is 14.2. The average molecular weight is 351 g/mol. The van der Waals surface area contributed by atoms with Crippen molar-refractivity contribution in [2.75, 3.05) is 26.2 Å². The Morgan fingerprint density at radius 1 is 0.885 bits per heavy atom. The van der Waals surface area contributed by atoms with Gasteiger partial charge in [0.15, 0.2) is 0 Å². The van der Waals surface area contributed by atoms with Gasteiger partial charge in [0.05, 0.1) is 17.2 Å². The number of nitriles is 1. The van der Waals surface area contributed by atoms with Crippen molar-refractivity contribution in [2.24, 2.45) is 0 Å². The maximum Gasteiger partial charge on any atom is 0.256 e. The summed E-state index contributed by atoms with van der Waals surface area (Å²) in [5, 5.41) is 8.84. The first-order valence-corrected chi connectivity index (χ1v) is 8.43. The van der Waals surface area contributed by atoms with Gasteiger partial charge in [-0.25, -0.2) is 4.39 Å². The summed E-state index contributed by atoms with van der Waals surface area (Å²) >= 11 is 0. The van der Waals surface area contributed by atoms with Crippen LogP contribution in [0.3, 0.4) is 0 Å². The fourth-order valence-electron chi connectivity index (χ4n) is 3.00. The van der Waals surface area contributed by atoms with Crippen molar-refractivity contribution < 1.29 is 14.0 Å². The summed E-state index contributed by atoms with van der Waals surface area (Å²) in [6.45, 7) is 1.75. The largest absolute Gasteiger partial charge is 0.337 e. The second-order valence-electron chi connectivity index (χ2n) is 6.11. The van der Waals surface area contributed by atoms with Gasteiger partial charge in [-0.1, -0.05) is 12.1 Å². The van der Waals surface area contributed by atoms with Gasteiger partial charge in [0.1, 0.15) is 5.82 Å². The molecule has 26 heavy (non-hydrogen) atoms. The highest BCUT2D eigenvalue weighted by molar-refractivity contribution is 5.95. The summed E-state index contributed by atoms with van der Waals surface area (Å²) in [5.74, 6) is -1.02. The number of rotatable bonds is 2. The predicted octanol–water partition coefficient (Wildman–Crippen LogP) is 2.69. The first-order chi connectivity index (χ1) is 12.6. The smallest absolute Gasteiger partial charge is 0.256 e. The Kier molecular flexibility index (Phi) is 5.28. The zero-order chi connectivity index (χ0) is 18.5. The molecule has 1 fully saturated rings. The van der Waals surface area contributed by atoms with Gasteiger partial charge in [0, 0.05) is 31.7 Å². The van der Waals surface area contributed by atoms with Crippen LogP contribution in [0.25, 0.3) is 0 Å². The molecule has 1 heterocycles. The standard InChI is InChI=1S/C20H18FN3O2/c21-18-5-2-1-4-17(18)20(26)24-11-3-10-23(12-13-24)19(25)16-8-6-15(14-22)7-9-16/h1-2,4-9H,3,10-13H2. The van der Waals surface area contributed by atoms with Crippen LogP contribution >= 0.6 is 0 Å². The van der Waals surface area contributed by atoms with E-state index in [0.29, 0.717) is 43.7 Å². The lowest BCUT2D eigenvalue weighted by Gasteiger charge is -2.22. The third-order valence-corrected chi connectivity index (χ3v) is 4.44. The van der Waals surface area contributed by atoms with Crippen LogP contribution in [0.5, 0.6) is 0 Å². The lowest BCUT2D eigenvalue weighted by Crippen LogP contribution is -2.37. The number of hydrogen-bond donors (Lipinski definition) is 0. The fourth-order valence-corrected chi connectivity index (χ4v) is 3.00. The second-order valence-corrected chi connectivity index (χ2v) is 6.11. The molecule has 0 saturated carbocycles. The molecule has 2 aromatic rings. The molecule has 0 unspecified atom stereocenters. The molecule has 0 bridgehead atoms. The summed E-state index contributed by atoms with van der Waals surface area (Å²) in [4.78, 5) is 28.5. The molecule has 5 nitrogen and oxygen atoms in total. The lowest BCUT2D eigenvalue weighted by atomic mass is 10.1. The average Bonchev–Trinajstić information content (AvgIpc) is 2.93. The van der Waals surface area contributed by atoms with Crippen LogP contribution < -0.4 is 0 Å². The molecule has 132 valence electrons. The van der Waals surface area contributed by atoms with Crippen molar-refractivity contribution in [3.05, 3.63) is 71.0 Å². The van der Waals surface area contributed by atoms with Gasteiger partial charge in [0.25, 0.3) is 11.8 Å². The molecule has 0 aliphatic carbocycles. The third-order valence-electron chi connectivity index (χ3n) is 4.44. The number of carbonyl (C=O) groups is 2. The van der Waals surface area contributed by atoms with Crippen molar-refractivity contribution in [2.45, 2.75) is 6.42 Å². The van der Waals surface area contributed by atoms with E-state index in [0.717, 1.165) is 0 Å². The number of nitrogens with zero attached hydrogens (tertiary/aromatic N) is 3. The first-order valence-electron chi connectivity index (χ1n) is 8.43. The van der Waals surface area contributed by atoms with E-state index in [1.807, 2.05) is 6.07 Å². The van der Waals surface area contributed by atoms with Gasteiger partial charge in [-0.3, -0.25) is 9.59 Å². The Hall–Kier alpha value is -3.20. The van der Waals surface area contributed by atoms with Crippen LogP contribution in [0, 0.1) is 17.1 Å². The molecule has 0 spiro atoms. The van der Waals surface area contributed by atoms with Crippen molar-refractivity contribution in [1.82, 2.24) is 9.80 Å². The minimum absolute atomic E-state index is 0.0550. The lowest BCUT2D eigenvalue weighted by molar-refractivity contribution is 0.0716. The van der Waals surface area contributed by atoms with Crippen molar-refractivity contribution in [1.29, 1.82) is 5.26 Å². The van der Waals surface area contributed by atoms with Gasteiger partial charge in [-0.2, -0.15) is 5.26 Å². The number of benzene rings is 2. The third kappa shape index (κ3) is 3.72. The Balaban J connectivity index is 1.68. The summed E-state index contributed by atoms with van der Waals surface area (Å²) < 4.78 is 13.8. The molecule has 0 atom stereocenters. The highest BCUT2D eigenvalue weighted by Gasteiger charge is 2.24. The number of amides is 2. The van der Waals surface area contributed by atoms with E-state index in [2.05, 4.69) is 0 Å². The number of carbonyl (C=O) groups excluding carboxylic acids is 2. The van der Waals surface area contributed by atoms with Crippen molar-refractivity contribution in [3.63, 3.8) is 0 Å². The number of halogens is 1. The first kappa shape index (κ1) is 17.6. The van der Waals surface area contributed by atoms with Crippen LogP contribution in [0.15, 0.2) is 48.5 Å². The molecule has 1 aliphatic heterocycles. The Morgan fingerprint density at radius 2 is 1.50 bits per heavy atom. The number of hydrogen-bond acceptors (Lipinski definition) is 3. The fraction of sp³-hybridized carbons (Fsp3) is 0.250. The SMILES string of the molecule is N#Cc1ccc(C(=O)N2CCCN(C(=O)c3ccccc3F)CC2)cc1. The normalized spacial score (nSPS) is 14.5. The van der Waals surface area contributed by atoms with Gasteiger partial charge < -0.3 is 9.80 Å². The molecule has 6 heteroatoms. The van der Waals surface area contributed by atoms with Crippen LogP contribution in [-0.4, -0.2) is 47.8 Å². The molecule has 2 aromatic carbocycles. The Labute approximate surface area is 151 Å². The van der Waals surface area contributed by atoms with E-state index in [1.165, 1.54) is 12.1 Å². The highest BCUT2D eigenvalue weighted by atomic mass is 19.1. The molecular weight excluding hydrogens is 333 g/mol. The van der Waals surface area contributed by atoms with E-state index in [9.17, 15) is 14.0 Å². The molecule has 0 aromatic heterocycles. The van der Waals surface area contributed by atoms with Crippen molar-refractivity contribution >= 4 is 11.8 Å². The summed E-state index contributed by atoms with van der Waals surface area (Å²) in [7, 11) is 0. The summed E-state index contributed by atoms with van der Waals surface area (Å²) in [6.07, 6.45) is 0.627. The van der Waals surface area contributed by atoms with Gasteiger partial charge in [-0.05, 0) is 42.8 Å². The molecule has 2 amide bonds. The van der Waals surface area contributed by atoms with Gasteiger partial charge in [-0.15, -0.1) is 0 Å². The highest BCUT2D eigenvalue weighted by Crippen LogP contribution is 2.14. The van der Waals surface area contributed by atoms with E-state index in [1.54, 1.807) is 46.2 Å². The zero-order valence-corrected chi connectivity index (χ0v) is 14.2. The monoisotopic (exact) mass is 351 g/mol. The van der Waals surface area contributed by atoms with Gasteiger partial charge >= 0.3 is 0 Å². The van der Waals surface area contributed by atoms with E-state index >= 15 is 0 Å². The molecule has 1 aliphatic rings. The van der Waals surface area contributed by atoms with Gasteiger partial charge in [0.2, 0.25) is 0 Å². The predicted molar refractivity (Wildman–Crippen MR) is 94.0 cm³/mol. The Morgan fingerprint density at radius 3 is 2.12 bits per heavy atom. The van der Waals surface area contributed by atoms with Crippen LogP contribution in [0.2, 0.25) is 0 Å². The second kappa shape index (κ2) is 7.79. The van der Waals surface area contributed by atoms with Crippen molar-refractivity contribution in [3.8, 4) is 6.07 Å². The molecule has 0 N–H and O–H groups in total. The van der Waals surface area contributed by atoms with E-state index in [4.69, 9.17) is 5.26 Å². The quantitative estimate of drug-likeness (QED) is 0.836. The Bertz CT molecular complexity index is 858. The van der Waals surface area contributed by atoms with E-state index < -0.39 is 5.82 Å². The molecule has 3 rings (SSSR count). The maximum atomic E-state index is 13.8. The summed E-state index contributed by atoms with van der Waals surface area (Å²) in [6, 6.07) is 14.4. The maximum absolute atomic E-state index is 13.8. The minimum atomic E-state index is -0.535. The summed E-state index contributed by atoms with van der Waals surface area (Å²) in [5.41, 5.74) is 1.07. The van der Waals surface area contributed by atoms with Crippen LogP contribution in [-0.2, 0) is 0 Å².